The SMILES string of the molecule is Cc1cc(OCC(=O)NNC(=O)c2cc3cc(Br)ccc3oc2=O)c(C(C)C)cc1Br. The van der Waals surface area contributed by atoms with Crippen LogP contribution in [0, 0.1) is 6.92 Å². The molecule has 0 bridgehead atoms. The molecule has 3 rings (SSSR count). The highest BCUT2D eigenvalue weighted by atomic mass is 79.9. The number of ether oxygens (including phenoxy) is 1. The molecule has 0 aliphatic rings. The van der Waals surface area contributed by atoms with Crippen molar-refractivity contribution >= 4 is 54.6 Å². The number of carbonyl (C=O) groups excluding carboxylic acids is 2. The molecule has 2 amide bonds. The number of benzene rings is 2. The Kier molecular flexibility index (Phi) is 7.17. The predicted molar refractivity (Wildman–Crippen MR) is 124 cm³/mol. The first kappa shape index (κ1) is 23.0. The topological polar surface area (TPSA) is 97.6 Å². The van der Waals surface area contributed by atoms with Crippen LogP contribution in [0.3, 0.4) is 0 Å². The zero-order chi connectivity index (χ0) is 22.7. The van der Waals surface area contributed by atoms with Gasteiger partial charge in [-0.05, 0) is 60.4 Å². The summed E-state index contributed by atoms with van der Waals surface area (Å²) in [6.07, 6.45) is 0. The molecule has 0 atom stereocenters. The monoisotopic (exact) mass is 550 g/mol. The lowest BCUT2D eigenvalue weighted by Crippen LogP contribution is -2.45. The van der Waals surface area contributed by atoms with E-state index in [0.29, 0.717) is 16.7 Å². The van der Waals surface area contributed by atoms with Crippen LogP contribution in [0.1, 0.15) is 41.3 Å². The zero-order valence-electron chi connectivity index (χ0n) is 17.0. The summed E-state index contributed by atoms with van der Waals surface area (Å²) in [7, 11) is 0. The van der Waals surface area contributed by atoms with Crippen molar-refractivity contribution in [1.29, 1.82) is 0 Å². The van der Waals surface area contributed by atoms with Crippen molar-refractivity contribution in [3.63, 3.8) is 0 Å². The number of amides is 2. The fourth-order valence-corrected chi connectivity index (χ4v) is 3.61. The summed E-state index contributed by atoms with van der Waals surface area (Å²) in [4.78, 5) is 36.6. The molecule has 2 aromatic carbocycles. The highest BCUT2D eigenvalue weighted by molar-refractivity contribution is 9.10. The van der Waals surface area contributed by atoms with Gasteiger partial charge in [-0.2, -0.15) is 0 Å². The van der Waals surface area contributed by atoms with Gasteiger partial charge in [-0.3, -0.25) is 20.4 Å². The van der Waals surface area contributed by atoms with Gasteiger partial charge in [-0.1, -0.05) is 45.7 Å². The number of hydrazine groups is 1. The maximum atomic E-state index is 12.4. The molecule has 162 valence electrons. The Balaban J connectivity index is 1.65. The Morgan fingerprint density at radius 3 is 2.55 bits per heavy atom. The van der Waals surface area contributed by atoms with Crippen LogP contribution in [0.15, 0.2) is 54.6 Å². The highest BCUT2D eigenvalue weighted by Crippen LogP contribution is 2.32. The summed E-state index contributed by atoms with van der Waals surface area (Å²) in [5, 5.41) is 0.570. The van der Waals surface area contributed by atoms with Crippen molar-refractivity contribution in [2.45, 2.75) is 26.7 Å². The number of hydrogen-bond acceptors (Lipinski definition) is 5. The quantitative estimate of drug-likeness (QED) is 0.357. The van der Waals surface area contributed by atoms with Crippen molar-refractivity contribution in [3.8, 4) is 5.75 Å². The van der Waals surface area contributed by atoms with E-state index in [1.807, 2.05) is 32.9 Å². The standard InChI is InChI=1S/C22H20Br2N2O5/c1-11(2)15-9-17(24)12(3)6-19(15)30-10-20(27)25-26-21(28)16-8-13-7-14(23)4-5-18(13)31-22(16)29/h4-9,11H,10H2,1-3H3,(H,25,27)(H,26,28). The Bertz CT molecular complexity index is 1220. The smallest absolute Gasteiger partial charge is 0.349 e. The summed E-state index contributed by atoms with van der Waals surface area (Å²) < 4.78 is 12.6. The molecule has 31 heavy (non-hydrogen) atoms. The third-order valence-electron chi connectivity index (χ3n) is 4.53. The summed E-state index contributed by atoms with van der Waals surface area (Å²) in [6, 6.07) is 10.3. The van der Waals surface area contributed by atoms with Crippen LogP contribution in [0.5, 0.6) is 5.75 Å². The van der Waals surface area contributed by atoms with E-state index in [-0.39, 0.29) is 18.1 Å². The second-order valence-corrected chi connectivity index (χ2v) is 8.98. The molecule has 0 spiro atoms. The van der Waals surface area contributed by atoms with Gasteiger partial charge in [0.1, 0.15) is 16.9 Å². The minimum Gasteiger partial charge on any atom is -0.483 e. The molecule has 7 nitrogen and oxygen atoms in total. The average molecular weight is 552 g/mol. The number of hydrogen-bond donors (Lipinski definition) is 2. The van der Waals surface area contributed by atoms with Gasteiger partial charge in [-0.15, -0.1) is 0 Å². The van der Waals surface area contributed by atoms with E-state index in [2.05, 4.69) is 42.7 Å². The lowest BCUT2D eigenvalue weighted by atomic mass is 10.0. The van der Waals surface area contributed by atoms with E-state index in [1.54, 1.807) is 18.2 Å². The predicted octanol–water partition coefficient (Wildman–Crippen LogP) is 4.59. The Labute approximate surface area is 195 Å². The third-order valence-corrected chi connectivity index (χ3v) is 5.87. The molecule has 1 aromatic heterocycles. The van der Waals surface area contributed by atoms with Crippen molar-refractivity contribution in [1.82, 2.24) is 10.9 Å². The number of aryl methyl sites for hydroxylation is 1. The van der Waals surface area contributed by atoms with E-state index in [4.69, 9.17) is 9.15 Å². The van der Waals surface area contributed by atoms with Gasteiger partial charge in [-0.25, -0.2) is 4.79 Å². The van der Waals surface area contributed by atoms with Crippen molar-refractivity contribution in [2.24, 2.45) is 0 Å². The number of halogens is 2. The van der Waals surface area contributed by atoms with E-state index in [0.717, 1.165) is 20.1 Å². The van der Waals surface area contributed by atoms with E-state index < -0.39 is 17.4 Å². The summed E-state index contributed by atoms with van der Waals surface area (Å²) in [5.74, 6) is -0.567. The lowest BCUT2D eigenvalue weighted by Gasteiger charge is -2.16. The minimum absolute atomic E-state index is 0.196. The van der Waals surface area contributed by atoms with E-state index in [9.17, 15) is 14.4 Å². The van der Waals surface area contributed by atoms with Gasteiger partial charge in [0.05, 0.1) is 0 Å². The van der Waals surface area contributed by atoms with Crippen LogP contribution in [0.4, 0.5) is 0 Å². The zero-order valence-corrected chi connectivity index (χ0v) is 20.2. The number of nitrogens with one attached hydrogen (secondary N) is 2. The average Bonchev–Trinajstić information content (AvgIpc) is 2.72. The first-order valence-corrected chi connectivity index (χ1v) is 11.0. The van der Waals surface area contributed by atoms with Crippen LogP contribution in [-0.2, 0) is 4.79 Å². The molecule has 0 radical (unpaired) electrons. The van der Waals surface area contributed by atoms with Gasteiger partial charge >= 0.3 is 5.63 Å². The van der Waals surface area contributed by atoms with Crippen LogP contribution >= 0.6 is 31.9 Å². The van der Waals surface area contributed by atoms with E-state index >= 15 is 0 Å². The van der Waals surface area contributed by atoms with Gasteiger partial charge in [0, 0.05) is 14.3 Å². The first-order chi connectivity index (χ1) is 14.7. The Morgan fingerprint density at radius 2 is 1.84 bits per heavy atom. The fraction of sp³-hybridized carbons (Fsp3) is 0.227. The summed E-state index contributed by atoms with van der Waals surface area (Å²) in [5.41, 5.74) is 5.72. The molecule has 0 fully saturated rings. The summed E-state index contributed by atoms with van der Waals surface area (Å²) >= 11 is 6.83. The third kappa shape index (κ3) is 5.54. The lowest BCUT2D eigenvalue weighted by molar-refractivity contribution is -0.123. The number of carbonyl (C=O) groups is 2. The molecule has 0 aliphatic carbocycles. The molecule has 0 unspecified atom stereocenters. The minimum atomic E-state index is -0.801. The normalized spacial score (nSPS) is 10.9. The maximum Gasteiger partial charge on any atom is 0.349 e. The van der Waals surface area contributed by atoms with Gasteiger partial charge in [0.2, 0.25) is 0 Å². The second-order valence-electron chi connectivity index (χ2n) is 7.21. The summed E-state index contributed by atoms with van der Waals surface area (Å²) in [6.45, 7) is 5.67. The molecule has 9 heteroatoms. The number of fused-ring (bicyclic) bond motifs is 1. The molecule has 0 aliphatic heterocycles. The Morgan fingerprint density at radius 1 is 1.10 bits per heavy atom. The van der Waals surface area contributed by atoms with E-state index in [1.165, 1.54) is 6.07 Å². The fourth-order valence-electron chi connectivity index (χ4n) is 2.87. The molecule has 1 heterocycles. The second kappa shape index (κ2) is 9.65. The van der Waals surface area contributed by atoms with Crippen molar-refractivity contribution in [3.05, 3.63) is 72.5 Å². The van der Waals surface area contributed by atoms with Crippen LogP contribution in [-0.4, -0.2) is 18.4 Å². The largest absolute Gasteiger partial charge is 0.483 e. The molecular formula is C22H20Br2N2O5. The maximum absolute atomic E-state index is 12.4. The molecule has 0 saturated heterocycles. The first-order valence-electron chi connectivity index (χ1n) is 9.41. The number of rotatable bonds is 5. The molecule has 0 saturated carbocycles. The van der Waals surface area contributed by atoms with Gasteiger partial charge in [0.25, 0.3) is 11.8 Å². The Hall–Kier alpha value is -2.65. The highest BCUT2D eigenvalue weighted by Gasteiger charge is 2.16. The van der Waals surface area contributed by atoms with Crippen LogP contribution in [0.25, 0.3) is 11.0 Å². The van der Waals surface area contributed by atoms with Crippen LogP contribution in [0.2, 0.25) is 0 Å². The molecule has 2 N–H and O–H groups in total. The molecule has 3 aromatic rings. The van der Waals surface area contributed by atoms with Gasteiger partial charge < -0.3 is 9.15 Å². The molecular weight excluding hydrogens is 532 g/mol. The van der Waals surface area contributed by atoms with Crippen molar-refractivity contribution in [2.75, 3.05) is 6.61 Å². The van der Waals surface area contributed by atoms with Crippen LogP contribution < -0.4 is 21.2 Å². The van der Waals surface area contributed by atoms with Crippen molar-refractivity contribution < 1.29 is 18.7 Å². The van der Waals surface area contributed by atoms with Gasteiger partial charge in [0.15, 0.2) is 6.61 Å².